The van der Waals surface area contributed by atoms with Gasteiger partial charge in [-0.1, -0.05) is 13.8 Å². The predicted octanol–water partition coefficient (Wildman–Crippen LogP) is 5.50. The number of alkyl halides is 3. The summed E-state index contributed by atoms with van der Waals surface area (Å²) in [4.78, 5) is 14.3. The molecule has 0 saturated carbocycles. The van der Waals surface area contributed by atoms with Gasteiger partial charge in [-0.25, -0.2) is 13.8 Å². The lowest BCUT2D eigenvalue weighted by Gasteiger charge is -2.23. The summed E-state index contributed by atoms with van der Waals surface area (Å²) in [6.45, 7) is 13.5. The fourth-order valence-corrected chi connectivity index (χ4v) is 4.98. The lowest BCUT2D eigenvalue weighted by atomic mass is 9.96. The van der Waals surface area contributed by atoms with Crippen LogP contribution in [-0.2, 0) is 10.9 Å². The van der Waals surface area contributed by atoms with E-state index >= 15 is 4.39 Å². The second-order valence-electron chi connectivity index (χ2n) is 10.8. The minimum absolute atomic E-state index is 0.0775. The van der Waals surface area contributed by atoms with Crippen LogP contribution in [0.15, 0.2) is 6.07 Å². The maximum Gasteiger partial charge on any atom is 0.417 e. The number of hydrogen-bond acceptors (Lipinski definition) is 10. The highest BCUT2D eigenvalue weighted by Crippen LogP contribution is 2.45. The molecule has 46 heavy (non-hydrogen) atoms. The van der Waals surface area contributed by atoms with Crippen molar-refractivity contribution in [1.82, 2.24) is 25.6 Å². The van der Waals surface area contributed by atoms with E-state index in [0.29, 0.717) is 32.2 Å². The van der Waals surface area contributed by atoms with Crippen molar-refractivity contribution in [1.29, 1.82) is 0 Å². The highest BCUT2D eigenvalue weighted by Gasteiger charge is 2.39. The monoisotopic (exact) mass is 657 g/mol. The molecular formula is C31H44F5N7O3. The first-order valence-electron chi connectivity index (χ1n) is 15.4. The van der Waals surface area contributed by atoms with Gasteiger partial charge >= 0.3 is 12.2 Å². The van der Waals surface area contributed by atoms with Crippen LogP contribution in [0.1, 0.15) is 51.7 Å². The van der Waals surface area contributed by atoms with Crippen LogP contribution in [0.2, 0.25) is 0 Å². The molecule has 0 bridgehead atoms. The Bertz CT molecular complexity index is 1470. The van der Waals surface area contributed by atoms with Gasteiger partial charge in [0.1, 0.15) is 28.2 Å². The first kappa shape index (κ1) is 36.9. The molecule has 2 aliphatic rings. The molecule has 256 valence electrons. The number of anilines is 2. The standard InChI is InChI=1S/C23H25F5N6O2.C6H13NO.C2H6/c1-10-5-6-30-7-8-34(3)20-14-19(32-22(33-20)35-4)17(25)18(31-21(14)36-10)12-9-13(29)16(24)11(2)15(12)23(26,27)28;1-6-2-3-7-4-5-8-6;1-2/h9-10,30H,5-8,29H2,1-4H3;6-7H,2-5H2,1H3;1-2H3/t;6-;/m.1./s1. The number of hydrogen-bond donors (Lipinski definition) is 3. The molecule has 0 amide bonds. The SMILES string of the molecule is CC.COc1nc2c3c(nc(-c4cc(N)c(F)c(C)c4C(F)(F)F)c(F)c3n1)OC(C)CCNCCN2C.C[C@@H]1CCNCCO1. The summed E-state index contributed by atoms with van der Waals surface area (Å²) in [5, 5.41) is 6.59. The van der Waals surface area contributed by atoms with Crippen molar-refractivity contribution in [3.63, 3.8) is 0 Å². The van der Waals surface area contributed by atoms with Crippen LogP contribution in [-0.4, -0.2) is 80.6 Å². The molecule has 2 atom stereocenters. The lowest BCUT2D eigenvalue weighted by Crippen LogP contribution is -2.31. The number of benzene rings is 1. The van der Waals surface area contributed by atoms with E-state index in [1.807, 2.05) is 13.8 Å². The minimum Gasteiger partial charge on any atom is -0.474 e. The van der Waals surface area contributed by atoms with Gasteiger partial charge in [-0.3, -0.25) is 0 Å². The zero-order valence-electron chi connectivity index (χ0n) is 27.4. The molecule has 4 heterocycles. The summed E-state index contributed by atoms with van der Waals surface area (Å²) in [6.07, 6.45) is -3.30. The summed E-state index contributed by atoms with van der Waals surface area (Å²) in [5.41, 5.74) is 1.10. The third kappa shape index (κ3) is 8.62. The number of nitrogens with one attached hydrogen (secondary N) is 2. The molecule has 4 N–H and O–H groups in total. The Morgan fingerprint density at radius 2 is 1.63 bits per heavy atom. The van der Waals surface area contributed by atoms with Gasteiger partial charge in [0.2, 0.25) is 5.88 Å². The summed E-state index contributed by atoms with van der Waals surface area (Å²) < 4.78 is 89.1. The maximum absolute atomic E-state index is 16.0. The predicted molar refractivity (Wildman–Crippen MR) is 168 cm³/mol. The van der Waals surface area contributed by atoms with Crippen LogP contribution in [0.5, 0.6) is 11.9 Å². The molecule has 10 nitrogen and oxygen atoms in total. The van der Waals surface area contributed by atoms with E-state index < -0.39 is 52.0 Å². The highest BCUT2D eigenvalue weighted by atomic mass is 19.4. The lowest BCUT2D eigenvalue weighted by molar-refractivity contribution is -0.137. The molecule has 0 radical (unpaired) electrons. The molecule has 3 aromatic rings. The maximum atomic E-state index is 16.0. The van der Waals surface area contributed by atoms with Crippen molar-refractivity contribution >= 4 is 22.4 Å². The molecular weight excluding hydrogens is 613 g/mol. The molecule has 2 aliphatic heterocycles. The molecule has 0 spiro atoms. The Morgan fingerprint density at radius 1 is 0.978 bits per heavy atom. The van der Waals surface area contributed by atoms with Crippen LogP contribution in [0.3, 0.4) is 0 Å². The normalized spacial score (nSPS) is 19.0. The Hall–Kier alpha value is -3.56. The van der Waals surface area contributed by atoms with Gasteiger partial charge < -0.3 is 35.5 Å². The molecule has 1 aromatic carbocycles. The first-order chi connectivity index (χ1) is 21.8. The van der Waals surface area contributed by atoms with Crippen molar-refractivity contribution in [3.05, 3.63) is 28.8 Å². The van der Waals surface area contributed by atoms with Crippen molar-refractivity contribution in [3.8, 4) is 23.1 Å². The molecule has 15 heteroatoms. The van der Waals surface area contributed by atoms with Crippen molar-refractivity contribution < 1.29 is 36.2 Å². The average Bonchev–Trinajstić information content (AvgIpc) is 3.28. The van der Waals surface area contributed by atoms with Gasteiger partial charge in [0.05, 0.1) is 37.2 Å². The van der Waals surface area contributed by atoms with E-state index in [1.165, 1.54) is 7.11 Å². The first-order valence-corrected chi connectivity index (χ1v) is 15.4. The summed E-state index contributed by atoms with van der Waals surface area (Å²) >= 11 is 0. The minimum atomic E-state index is -5.02. The summed E-state index contributed by atoms with van der Waals surface area (Å²) in [6, 6.07) is 0.521. The number of aromatic nitrogens is 3. The number of pyridine rings is 1. The zero-order chi connectivity index (χ0) is 34.2. The number of nitrogens with zero attached hydrogens (tertiary/aromatic N) is 4. The van der Waals surface area contributed by atoms with E-state index in [9.17, 15) is 17.6 Å². The number of nitrogen functional groups attached to an aromatic ring is 1. The van der Waals surface area contributed by atoms with Crippen molar-refractivity contribution in [2.24, 2.45) is 0 Å². The van der Waals surface area contributed by atoms with E-state index in [-0.39, 0.29) is 28.6 Å². The zero-order valence-corrected chi connectivity index (χ0v) is 27.4. The number of likely N-dealkylation sites (N-methyl/N-ethyl adjacent to an activating group) is 1. The second kappa shape index (κ2) is 16.3. The molecule has 1 fully saturated rings. The molecule has 1 unspecified atom stereocenters. The van der Waals surface area contributed by atoms with E-state index in [4.69, 9.17) is 19.9 Å². The van der Waals surface area contributed by atoms with Gasteiger partial charge in [-0.05, 0) is 58.3 Å². The van der Waals surface area contributed by atoms with Gasteiger partial charge in [0, 0.05) is 32.2 Å². The van der Waals surface area contributed by atoms with Crippen LogP contribution in [0.25, 0.3) is 22.2 Å². The van der Waals surface area contributed by atoms with Gasteiger partial charge in [-0.2, -0.15) is 23.1 Å². The Kier molecular flexibility index (Phi) is 13.1. The second-order valence-corrected chi connectivity index (χ2v) is 10.8. The van der Waals surface area contributed by atoms with E-state index in [1.54, 1.807) is 18.9 Å². The number of ether oxygens (including phenoxy) is 3. The quantitative estimate of drug-likeness (QED) is 0.241. The fourth-order valence-electron chi connectivity index (χ4n) is 4.98. The highest BCUT2D eigenvalue weighted by molar-refractivity contribution is 5.97. The Labute approximate surface area is 266 Å². The average molecular weight is 658 g/mol. The van der Waals surface area contributed by atoms with Crippen molar-refractivity contribution in [2.45, 2.75) is 65.8 Å². The number of methoxy groups -OCH3 is 1. The van der Waals surface area contributed by atoms with Crippen LogP contribution in [0, 0.1) is 18.6 Å². The van der Waals surface area contributed by atoms with Crippen LogP contribution < -0.4 is 30.7 Å². The third-order valence-corrected chi connectivity index (χ3v) is 7.40. The van der Waals surface area contributed by atoms with Gasteiger partial charge in [0.25, 0.3) is 0 Å². The number of rotatable bonds is 2. The number of nitrogens with two attached hydrogens (primary N) is 1. The van der Waals surface area contributed by atoms with Crippen LogP contribution >= 0.6 is 0 Å². The largest absolute Gasteiger partial charge is 0.474 e. The fraction of sp³-hybridized carbons (Fsp3) is 0.581. The Balaban J connectivity index is 0.000000496. The van der Waals surface area contributed by atoms with Gasteiger partial charge in [0.15, 0.2) is 5.82 Å². The van der Waals surface area contributed by atoms with Gasteiger partial charge in [-0.15, -0.1) is 0 Å². The smallest absolute Gasteiger partial charge is 0.417 e. The molecule has 5 rings (SSSR count). The molecule has 1 saturated heterocycles. The Morgan fingerprint density at radius 3 is 2.28 bits per heavy atom. The molecule has 2 aromatic heterocycles. The van der Waals surface area contributed by atoms with E-state index in [2.05, 4.69) is 32.5 Å². The third-order valence-electron chi connectivity index (χ3n) is 7.40. The number of halogens is 5. The van der Waals surface area contributed by atoms with E-state index in [0.717, 1.165) is 39.1 Å². The van der Waals surface area contributed by atoms with Crippen LogP contribution in [0.4, 0.5) is 33.5 Å². The summed E-state index contributed by atoms with van der Waals surface area (Å²) in [5.74, 6) is -2.35. The molecule has 0 aliphatic carbocycles. The van der Waals surface area contributed by atoms with Crippen molar-refractivity contribution in [2.75, 3.05) is 64.1 Å². The summed E-state index contributed by atoms with van der Waals surface area (Å²) in [7, 11) is 3.00. The topological polar surface area (TPSA) is 120 Å².